The van der Waals surface area contributed by atoms with Crippen LogP contribution in [0.25, 0.3) is 11.0 Å². The Bertz CT molecular complexity index is 4790. The number of carbonyl (C=O) groups is 9. The molecule has 0 spiro atoms. The molecule has 0 saturated carbocycles. The van der Waals surface area contributed by atoms with Crippen molar-refractivity contribution in [2.24, 2.45) is 5.18 Å². The number of rotatable bonds is 23. The maximum atomic E-state index is 14.5. The lowest BCUT2D eigenvalue weighted by atomic mass is 9.82. The summed E-state index contributed by atoms with van der Waals surface area (Å²) in [5.41, 5.74) is 9.99. The molecule has 12 amide bonds. The minimum atomic E-state index is -1.16. The number of carboxylic acid groups (broad SMARTS) is 3. The van der Waals surface area contributed by atoms with E-state index in [1.165, 1.54) is 60.7 Å². The highest BCUT2D eigenvalue weighted by atomic mass is 16.6. The van der Waals surface area contributed by atoms with Crippen LogP contribution in [0.4, 0.5) is 74.3 Å². The van der Waals surface area contributed by atoms with Gasteiger partial charge in [-0.05, 0) is 170 Å². The van der Waals surface area contributed by atoms with Gasteiger partial charge in [0, 0.05) is 57.4 Å². The second kappa shape index (κ2) is 36.8. The van der Waals surface area contributed by atoms with Gasteiger partial charge in [0.05, 0.1) is 105 Å². The van der Waals surface area contributed by atoms with Crippen molar-refractivity contribution < 1.29 is 77.3 Å². The third-order valence-corrected chi connectivity index (χ3v) is 18.4. The normalized spacial score (nSPS) is 13.9. The highest BCUT2D eigenvalue weighted by Gasteiger charge is 2.28. The van der Waals surface area contributed by atoms with E-state index in [1.807, 2.05) is 32.7 Å². The molecule has 36 heteroatoms. The first-order valence-electron chi connectivity index (χ1n) is 35.1. The summed E-state index contributed by atoms with van der Waals surface area (Å²) in [4.78, 5) is 136. The lowest BCUT2D eigenvalue weighted by Crippen LogP contribution is -2.34. The molecule has 5 heterocycles. The van der Waals surface area contributed by atoms with Crippen molar-refractivity contribution in [1.82, 2.24) is 57.2 Å². The van der Waals surface area contributed by atoms with Crippen molar-refractivity contribution in [2.45, 2.75) is 125 Å². The van der Waals surface area contributed by atoms with Crippen LogP contribution in [-0.4, -0.2) is 141 Å². The highest BCUT2D eigenvalue weighted by molar-refractivity contribution is 6.02. The molecule has 0 unspecified atom stereocenters. The van der Waals surface area contributed by atoms with Crippen LogP contribution in [0, 0.1) is 18.8 Å². The van der Waals surface area contributed by atoms with Gasteiger partial charge in [0.1, 0.15) is 23.7 Å². The van der Waals surface area contributed by atoms with E-state index in [2.05, 4.69) is 89.6 Å². The molecule has 3 aliphatic heterocycles. The number of benzene rings is 6. The maximum Gasteiger partial charge on any atom is 0.319 e. The Morgan fingerprint density at radius 2 is 0.927 bits per heavy atom. The second-order valence-electron chi connectivity index (χ2n) is 25.5. The minimum Gasteiger partial charge on any atom is -0.490 e. The summed E-state index contributed by atoms with van der Waals surface area (Å²) < 4.78 is 25.0. The van der Waals surface area contributed by atoms with E-state index in [0.717, 1.165) is 22.3 Å². The lowest BCUT2D eigenvalue weighted by molar-refractivity contribution is -0.137. The number of nitroso groups, excluding NO2 is 1. The lowest BCUT2D eigenvalue weighted by Gasteiger charge is -2.27. The van der Waals surface area contributed by atoms with Crippen molar-refractivity contribution in [3.05, 3.63) is 161 Å². The van der Waals surface area contributed by atoms with Gasteiger partial charge in [0.25, 0.3) is 0 Å². The SMILES string of the molecule is CCc1c2c(CC)c3c(CC)c1CNC(=O)Nc1cc(CC(=O)O)ccc1NC(=O)NCc1c(C)c(c(OCCOCCOCCn4cc(CN(C)c5ccc(N=O)c6nonc56)nn4)c(c1C)CNC(=O)Nc1ccc(CC(=O)O)cc1NC(=O)NC3)CNC(=O)Nc1ccc(CC(=O)O)cc1NC(=O)NCC2. The molecule has 0 atom stereocenters. The molecule has 8 aromatic rings. The number of aliphatic carboxylic acids is 3. The standard InChI is InChI=1S/C73H85N19O17/c1-7-45-48-18-19-74-68(99)83-58-26-41(29-62(93)94)10-13-54(58)81-70(101)76-33-50-39(4)49-32-75-69(100)80-55-14-11-42(30-63(95)96)27-59(55)84-72(103)78-35-52(45)47(9-3)53(46(48)8-2)36-79-73(104)85-60-28-43(31-64(97)98)12-15-56(60)82-71(102)77-34-51(40(49)5)67(50)108-25-24-107-23-22-106-21-20-92-38-44(86-90-92)37-91(6)61-17-16-57(87-105)65-66(61)89-109-88-65/h10-17,26-28,38H,7-9,18-25,29-37H2,1-6H3,(H,93,94)(H,95,96)(H,97,98)(H2,74,83,99)(H2,75,80,100)(H2,76,81,101)(H2,77,82,102)(H2,78,84,103)(H2,79,85,104). The summed E-state index contributed by atoms with van der Waals surface area (Å²) >= 11 is 0. The molecule has 6 aromatic carbocycles. The highest BCUT2D eigenvalue weighted by Crippen LogP contribution is 2.37. The molecule has 6 bridgehead atoms. The Morgan fingerprint density at radius 1 is 0.514 bits per heavy atom. The Balaban J connectivity index is 0.993. The van der Waals surface area contributed by atoms with Gasteiger partial charge in [-0.3, -0.25) is 14.4 Å². The fraction of sp³-hybridized carbons (Fsp3) is 0.356. The average Bonchev–Trinajstić information content (AvgIpc) is 0.841. The summed E-state index contributed by atoms with van der Waals surface area (Å²) in [6.07, 6.45) is 1.92. The average molecular weight is 1500 g/mol. The van der Waals surface area contributed by atoms with Crippen LogP contribution in [0.1, 0.15) is 104 Å². The van der Waals surface area contributed by atoms with E-state index in [4.69, 9.17) is 18.8 Å². The topological polar surface area (TPSA) is 489 Å². The minimum absolute atomic E-state index is 0.0109. The molecule has 2 aromatic heterocycles. The molecule has 109 heavy (non-hydrogen) atoms. The molecule has 574 valence electrons. The van der Waals surface area contributed by atoms with E-state index < -0.39 is 73.4 Å². The number of amides is 12. The van der Waals surface area contributed by atoms with E-state index >= 15 is 0 Å². The third-order valence-electron chi connectivity index (χ3n) is 18.4. The fourth-order valence-corrected chi connectivity index (χ4v) is 13.3. The number of aromatic nitrogens is 5. The van der Waals surface area contributed by atoms with E-state index in [1.54, 1.807) is 30.8 Å². The van der Waals surface area contributed by atoms with Crippen molar-refractivity contribution in [3.8, 4) is 5.75 Å². The zero-order valence-corrected chi connectivity index (χ0v) is 60.8. The van der Waals surface area contributed by atoms with Gasteiger partial charge >= 0.3 is 54.1 Å². The summed E-state index contributed by atoms with van der Waals surface area (Å²) in [6.45, 7) is 9.31. The van der Waals surface area contributed by atoms with Crippen LogP contribution in [0.15, 0.2) is 82.7 Å². The van der Waals surface area contributed by atoms with Crippen molar-refractivity contribution in [3.63, 3.8) is 0 Å². The van der Waals surface area contributed by atoms with Crippen LogP contribution in [0.3, 0.4) is 0 Å². The molecule has 0 radical (unpaired) electrons. The first-order valence-corrected chi connectivity index (χ1v) is 35.1. The first-order chi connectivity index (χ1) is 52.5. The van der Waals surface area contributed by atoms with Gasteiger partial charge in [-0.1, -0.05) is 44.2 Å². The zero-order valence-electron chi connectivity index (χ0n) is 60.8. The predicted molar refractivity (Wildman–Crippen MR) is 400 cm³/mol. The van der Waals surface area contributed by atoms with Crippen molar-refractivity contribution in [1.29, 1.82) is 0 Å². The number of fused-ring (bicyclic) bond motifs is 20. The molecule has 11 rings (SSSR count). The Kier molecular flexibility index (Phi) is 26.6. The zero-order chi connectivity index (χ0) is 77.8. The Hall–Kier alpha value is -13.0. The van der Waals surface area contributed by atoms with Gasteiger partial charge in [-0.25, -0.2) is 38.1 Å². The van der Waals surface area contributed by atoms with Crippen LogP contribution in [0.5, 0.6) is 5.75 Å². The number of nitrogens with one attached hydrogen (secondary N) is 12. The second-order valence-corrected chi connectivity index (χ2v) is 25.5. The molecular formula is C73H85N19O17. The first kappa shape index (κ1) is 78.6. The van der Waals surface area contributed by atoms with Crippen LogP contribution >= 0.6 is 0 Å². The molecule has 15 N–H and O–H groups in total. The van der Waals surface area contributed by atoms with E-state index in [0.29, 0.717) is 99.3 Å². The number of hydrogen-bond donors (Lipinski definition) is 15. The van der Waals surface area contributed by atoms with Gasteiger partial charge < -0.3 is 98.2 Å². The summed E-state index contributed by atoms with van der Waals surface area (Å²) in [5, 5.41) is 83.1. The number of ether oxygens (including phenoxy) is 3. The summed E-state index contributed by atoms with van der Waals surface area (Å²) in [7, 11) is 1.81. The van der Waals surface area contributed by atoms with Crippen LogP contribution in [0.2, 0.25) is 0 Å². The van der Waals surface area contributed by atoms with E-state index in [9.17, 15) is 63.4 Å². The summed E-state index contributed by atoms with van der Waals surface area (Å²) in [5.74, 6) is -3.29. The number of urea groups is 6. The van der Waals surface area contributed by atoms with E-state index in [-0.39, 0.29) is 135 Å². The molecule has 3 aliphatic rings. The monoisotopic (exact) mass is 1500 g/mol. The Morgan fingerprint density at radius 3 is 1.39 bits per heavy atom. The molecular weight excluding hydrogens is 1410 g/mol. The van der Waals surface area contributed by atoms with Gasteiger partial charge in [-0.2, -0.15) is 0 Å². The molecule has 36 nitrogen and oxygen atoms in total. The van der Waals surface area contributed by atoms with Crippen LogP contribution in [-0.2, 0) is 115 Å². The van der Waals surface area contributed by atoms with Gasteiger partial charge in [0.15, 0.2) is 11.0 Å². The van der Waals surface area contributed by atoms with Crippen LogP contribution < -0.4 is 73.4 Å². The van der Waals surface area contributed by atoms with Gasteiger partial charge in [0.2, 0.25) is 0 Å². The fourth-order valence-electron chi connectivity index (χ4n) is 13.3. The summed E-state index contributed by atoms with van der Waals surface area (Å²) in [6, 6.07) is 11.8. The van der Waals surface area contributed by atoms with Crippen molar-refractivity contribution >= 4 is 111 Å². The van der Waals surface area contributed by atoms with Crippen molar-refractivity contribution in [2.75, 3.05) is 83.4 Å². The number of carbonyl (C=O) groups excluding carboxylic acids is 6. The number of hydrogen-bond acceptors (Lipinski definition) is 20. The molecule has 0 saturated heterocycles. The molecule has 0 fully saturated rings. The largest absolute Gasteiger partial charge is 0.490 e. The maximum absolute atomic E-state index is 14.5. The van der Waals surface area contributed by atoms with Gasteiger partial charge in [-0.15, -0.1) is 10.0 Å². The smallest absolute Gasteiger partial charge is 0.319 e. The third kappa shape index (κ3) is 20.3. The Labute approximate surface area is 623 Å². The predicted octanol–water partition coefficient (Wildman–Crippen LogP) is 8.75. The number of nitrogens with zero attached hydrogens (tertiary/aromatic N) is 7. The number of carboxylic acids is 3. The molecule has 0 aliphatic carbocycles. The quantitative estimate of drug-likeness (QED) is 0.0210. The number of anilines is 7.